The van der Waals surface area contributed by atoms with E-state index in [0.717, 1.165) is 11.8 Å². The molecule has 1 N–H and O–H groups in total. The standard InChI is InChI=1S/C11H13ClO5S/c1-18(15,16)17-10(7-11(13)14)6-8-2-4-9(12)5-3-8/h2-5,10H,6-7H2,1H3,(H,13,14). The van der Waals surface area contributed by atoms with Crippen molar-refractivity contribution in [2.75, 3.05) is 6.26 Å². The van der Waals surface area contributed by atoms with E-state index in [1.54, 1.807) is 24.3 Å². The molecule has 0 radical (unpaired) electrons. The van der Waals surface area contributed by atoms with Crippen LogP contribution in [0.3, 0.4) is 0 Å². The van der Waals surface area contributed by atoms with Crippen LogP contribution in [-0.4, -0.2) is 31.9 Å². The van der Waals surface area contributed by atoms with Crippen LogP contribution in [0.5, 0.6) is 0 Å². The summed E-state index contributed by atoms with van der Waals surface area (Å²) in [5.74, 6) is -1.11. The third kappa shape index (κ3) is 6.00. The van der Waals surface area contributed by atoms with Crippen LogP contribution >= 0.6 is 11.6 Å². The number of halogens is 1. The Morgan fingerprint density at radius 1 is 1.39 bits per heavy atom. The number of aliphatic carboxylic acids is 1. The smallest absolute Gasteiger partial charge is 0.306 e. The Hall–Kier alpha value is -1.11. The minimum Gasteiger partial charge on any atom is -0.481 e. The topological polar surface area (TPSA) is 80.7 Å². The Morgan fingerprint density at radius 3 is 2.39 bits per heavy atom. The second-order valence-electron chi connectivity index (χ2n) is 3.85. The van der Waals surface area contributed by atoms with Gasteiger partial charge in [-0.25, -0.2) is 0 Å². The van der Waals surface area contributed by atoms with E-state index in [4.69, 9.17) is 20.9 Å². The van der Waals surface area contributed by atoms with Crippen molar-refractivity contribution in [2.45, 2.75) is 18.9 Å². The predicted octanol–water partition coefficient (Wildman–Crippen LogP) is 1.70. The summed E-state index contributed by atoms with van der Waals surface area (Å²) in [5.41, 5.74) is 0.759. The van der Waals surface area contributed by atoms with Crippen LogP contribution in [0.1, 0.15) is 12.0 Å². The van der Waals surface area contributed by atoms with E-state index in [2.05, 4.69) is 0 Å². The van der Waals surface area contributed by atoms with E-state index in [1.165, 1.54) is 0 Å². The number of carboxylic acids is 1. The number of benzene rings is 1. The zero-order chi connectivity index (χ0) is 13.8. The molecular formula is C11H13ClO5S. The van der Waals surface area contributed by atoms with Gasteiger partial charge in [0.15, 0.2) is 0 Å². The lowest BCUT2D eigenvalue weighted by Crippen LogP contribution is -2.23. The van der Waals surface area contributed by atoms with Gasteiger partial charge >= 0.3 is 5.97 Å². The van der Waals surface area contributed by atoms with Crippen molar-refractivity contribution in [1.29, 1.82) is 0 Å². The first kappa shape index (κ1) is 14.9. The predicted molar refractivity (Wildman–Crippen MR) is 67.1 cm³/mol. The molecule has 0 aliphatic rings. The van der Waals surface area contributed by atoms with Crippen LogP contribution < -0.4 is 0 Å². The first-order chi connectivity index (χ1) is 8.26. The fraction of sp³-hybridized carbons (Fsp3) is 0.364. The van der Waals surface area contributed by atoms with Gasteiger partial charge in [0.25, 0.3) is 10.1 Å². The lowest BCUT2D eigenvalue weighted by Gasteiger charge is -2.14. The first-order valence-electron chi connectivity index (χ1n) is 5.11. The Morgan fingerprint density at radius 2 is 1.94 bits per heavy atom. The van der Waals surface area contributed by atoms with Gasteiger partial charge < -0.3 is 5.11 Å². The van der Waals surface area contributed by atoms with E-state index >= 15 is 0 Å². The lowest BCUT2D eigenvalue weighted by atomic mass is 10.1. The average Bonchev–Trinajstić information content (AvgIpc) is 2.18. The van der Waals surface area contributed by atoms with Crippen molar-refractivity contribution in [3.8, 4) is 0 Å². The van der Waals surface area contributed by atoms with Gasteiger partial charge in [-0.1, -0.05) is 23.7 Å². The first-order valence-corrected chi connectivity index (χ1v) is 7.30. The quantitative estimate of drug-likeness (QED) is 0.807. The Labute approximate surface area is 110 Å². The fourth-order valence-electron chi connectivity index (χ4n) is 1.47. The zero-order valence-electron chi connectivity index (χ0n) is 9.67. The molecule has 0 saturated heterocycles. The van der Waals surface area contributed by atoms with Crippen molar-refractivity contribution in [3.05, 3.63) is 34.9 Å². The maximum Gasteiger partial charge on any atom is 0.306 e. The van der Waals surface area contributed by atoms with Gasteiger partial charge in [0, 0.05) is 11.4 Å². The van der Waals surface area contributed by atoms with E-state index in [0.29, 0.717) is 5.02 Å². The average molecular weight is 293 g/mol. The van der Waals surface area contributed by atoms with E-state index in [1.807, 2.05) is 0 Å². The molecule has 18 heavy (non-hydrogen) atoms. The number of hydrogen-bond donors (Lipinski definition) is 1. The summed E-state index contributed by atoms with van der Waals surface area (Å²) < 4.78 is 26.8. The Kier molecular flexibility index (Phi) is 5.13. The molecule has 0 aromatic heterocycles. The van der Waals surface area contributed by atoms with Crippen molar-refractivity contribution in [2.24, 2.45) is 0 Å². The van der Waals surface area contributed by atoms with Gasteiger partial charge in [-0.3, -0.25) is 8.98 Å². The van der Waals surface area contributed by atoms with Gasteiger partial charge in [0.2, 0.25) is 0 Å². The lowest BCUT2D eigenvalue weighted by molar-refractivity contribution is -0.138. The molecule has 0 aliphatic carbocycles. The third-order valence-corrected chi connectivity index (χ3v) is 2.96. The second-order valence-corrected chi connectivity index (χ2v) is 5.89. The maximum absolute atomic E-state index is 11.0. The third-order valence-electron chi connectivity index (χ3n) is 2.09. The van der Waals surface area contributed by atoms with Gasteiger partial charge in [0.05, 0.1) is 18.8 Å². The SMILES string of the molecule is CS(=O)(=O)OC(CC(=O)O)Cc1ccc(Cl)cc1. The number of rotatable bonds is 6. The molecule has 0 saturated carbocycles. The van der Waals surface area contributed by atoms with Crippen LogP contribution in [-0.2, 0) is 25.5 Å². The summed E-state index contributed by atoms with van der Waals surface area (Å²) in [7, 11) is -3.69. The number of hydrogen-bond acceptors (Lipinski definition) is 4. The number of carbonyl (C=O) groups is 1. The molecule has 0 spiro atoms. The van der Waals surface area contributed by atoms with Gasteiger partial charge in [0.1, 0.15) is 0 Å². The molecule has 1 rings (SSSR count). The van der Waals surface area contributed by atoms with Crippen LogP contribution in [0, 0.1) is 0 Å². The summed E-state index contributed by atoms with van der Waals surface area (Å²) in [5, 5.41) is 9.26. The molecule has 7 heteroatoms. The molecular weight excluding hydrogens is 280 g/mol. The zero-order valence-corrected chi connectivity index (χ0v) is 11.2. The highest BCUT2D eigenvalue weighted by molar-refractivity contribution is 7.86. The molecule has 5 nitrogen and oxygen atoms in total. The van der Waals surface area contributed by atoms with Crippen LogP contribution in [0.25, 0.3) is 0 Å². The van der Waals surface area contributed by atoms with Crippen molar-refractivity contribution >= 4 is 27.7 Å². The van der Waals surface area contributed by atoms with Gasteiger partial charge in [-0.15, -0.1) is 0 Å². The highest BCUT2D eigenvalue weighted by atomic mass is 35.5. The number of carboxylic acid groups (broad SMARTS) is 1. The molecule has 0 heterocycles. The molecule has 0 bridgehead atoms. The van der Waals surface area contributed by atoms with Crippen LogP contribution in [0.15, 0.2) is 24.3 Å². The highest BCUT2D eigenvalue weighted by Gasteiger charge is 2.19. The van der Waals surface area contributed by atoms with Gasteiger partial charge in [-0.2, -0.15) is 8.42 Å². The minimum atomic E-state index is -3.69. The minimum absolute atomic E-state index is 0.191. The largest absolute Gasteiger partial charge is 0.481 e. The second kappa shape index (κ2) is 6.17. The summed E-state index contributed by atoms with van der Waals surface area (Å²) in [6.07, 6.45) is -0.214. The fourth-order valence-corrected chi connectivity index (χ4v) is 2.22. The summed E-state index contributed by atoms with van der Waals surface area (Å²) >= 11 is 5.72. The van der Waals surface area contributed by atoms with E-state index < -0.39 is 22.2 Å². The maximum atomic E-state index is 11.0. The van der Waals surface area contributed by atoms with Crippen molar-refractivity contribution in [1.82, 2.24) is 0 Å². The molecule has 0 fully saturated rings. The highest BCUT2D eigenvalue weighted by Crippen LogP contribution is 2.15. The molecule has 1 atom stereocenters. The van der Waals surface area contributed by atoms with Crippen LogP contribution in [0.4, 0.5) is 0 Å². The van der Waals surface area contributed by atoms with E-state index in [9.17, 15) is 13.2 Å². The van der Waals surface area contributed by atoms with Gasteiger partial charge in [-0.05, 0) is 17.7 Å². The Balaban J connectivity index is 2.77. The molecule has 0 amide bonds. The Bertz CT molecular complexity index is 509. The van der Waals surface area contributed by atoms with Crippen molar-refractivity contribution in [3.63, 3.8) is 0 Å². The molecule has 100 valence electrons. The normalized spacial score (nSPS) is 13.2. The van der Waals surface area contributed by atoms with E-state index in [-0.39, 0.29) is 12.8 Å². The molecule has 1 aromatic carbocycles. The summed E-state index contributed by atoms with van der Waals surface area (Å²) in [6, 6.07) is 6.69. The molecule has 1 aromatic rings. The van der Waals surface area contributed by atoms with Crippen molar-refractivity contribution < 1.29 is 22.5 Å². The molecule has 0 aliphatic heterocycles. The van der Waals surface area contributed by atoms with Crippen LogP contribution in [0.2, 0.25) is 5.02 Å². The summed E-state index contributed by atoms with van der Waals surface area (Å²) in [4.78, 5) is 10.6. The monoisotopic (exact) mass is 292 g/mol. The summed E-state index contributed by atoms with van der Waals surface area (Å²) in [6.45, 7) is 0. The molecule has 1 unspecified atom stereocenters.